The minimum atomic E-state index is -5.40. The third-order valence-corrected chi connectivity index (χ3v) is 3.89. The van der Waals surface area contributed by atoms with Gasteiger partial charge in [-0.2, -0.15) is 13.2 Å². The van der Waals surface area contributed by atoms with E-state index in [0.717, 1.165) is 13.3 Å². The zero-order valence-electron chi connectivity index (χ0n) is 10.9. The van der Waals surface area contributed by atoms with E-state index in [1.54, 1.807) is 0 Å². The molecule has 0 spiro atoms. The molecule has 2 aliphatic carbocycles. The van der Waals surface area contributed by atoms with Crippen molar-refractivity contribution >= 4 is 5.97 Å². The molecule has 5 atom stereocenters. The lowest BCUT2D eigenvalue weighted by atomic mass is 9.94. The highest BCUT2D eigenvalue weighted by atomic mass is 19.4. The van der Waals surface area contributed by atoms with E-state index < -0.39 is 30.5 Å². The van der Waals surface area contributed by atoms with Crippen molar-refractivity contribution in [2.75, 3.05) is 0 Å². The molecule has 2 bridgehead atoms. The molecule has 3 nitrogen and oxygen atoms in total. The Morgan fingerprint density at radius 1 is 1.35 bits per heavy atom. The summed E-state index contributed by atoms with van der Waals surface area (Å²) in [5.41, 5.74) is 0. The molecule has 0 aromatic carbocycles. The van der Waals surface area contributed by atoms with Gasteiger partial charge in [-0.05, 0) is 31.6 Å². The lowest BCUT2D eigenvalue weighted by molar-refractivity contribution is -0.322. The predicted molar refractivity (Wildman–Crippen MR) is 61.1 cm³/mol. The van der Waals surface area contributed by atoms with Crippen LogP contribution in [0.1, 0.15) is 26.2 Å². The summed E-state index contributed by atoms with van der Waals surface area (Å²) in [6.45, 7) is 1.14. The van der Waals surface area contributed by atoms with Crippen molar-refractivity contribution in [2.45, 2.75) is 44.3 Å². The number of halogens is 4. The number of esters is 1. The topological polar surface area (TPSA) is 46.5 Å². The minimum Gasteiger partial charge on any atom is -0.462 e. The molecule has 0 amide bonds. The van der Waals surface area contributed by atoms with Crippen LogP contribution in [-0.2, 0) is 9.53 Å². The lowest BCUT2D eigenvalue weighted by Crippen LogP contribution is -2.44. The molecule has 0 aromatic rings. The monoisotopic (exact) mass is 296 g/mol. The zero-order valence-corrected chi connectivity index (χ0v) is 10.9. The Bertz CT molecular complexity index is 416. The molecule has 0 heterocycles. The number of carbonyl (C=O) groups is 1. The molecule has 0 aliphatic heterocycles. The molecular formula is C13H16F4O3. The van der Waals surface area contributed by atoms with Gasteiger partial charge in [0.25, 0.3) is 0 Å². The Balaban J connectivity index is 1.87. The summed E-state index contributed by atoms with van der Waals surface area (Å²) in [7, 11) is 0. The Morgan fingerprint density at radius 2 is 2.00 bits per heavy atom. The molecule has 5 unspecified atom stereocenters. The molecule has 114 valence electrons. The first-order valence-corrected chi connectivity index (χ1v) is 6.47. The van der Waals surface area contributed by atoms with Gasteiger partial charge < -0.3 is 9.84 Å². The first-order chi connectivity index (χ1) is 9.10. The maximum Gasteiger partial charge on any atom is 0.448 e. The van der Waals surface area contributed by atoms with E-state index in [-0.39, 0.29) is 11.8 Å². The van der Waals surface area contributed by atoms with Crippen molar-refractivity contribution in [3.63, 3.8) is 0 Å². The quantitative estimate of drug-likeness (QED) is 0.493. The van der Waals surface area contributed by atoms with Crippen molar-refractivity contribution in [3.05, 3.63) is 12.2 Å². The Morgan fingerprint density at radius 3 is 2.45 bits per heavy atom. The summed E-state index contributed by atoms with van der Waals surface area (Å²) < 4.78 is 54.4. The van der Waals surface area contributed by atoms with E-state index in [1.807, 2.05) is 12.2 Å². The van der Waals surface area contributed by atoms with Crippen LogP contribution in [0.4, 0.5) is 17.6 Å². The van der Waals surface area contributed by atoms with Crippen LogP contribution in [0.25, 0.3) is 0 Å². The summed E-state index contributed by atoms with van der Waals surface area (Å²) in [5.74, 6) is -4.95. The highest BCUT2D eigenvalue weighted by Crippen LogP contribution is 2.44. The van der Waals surface area contributed by atoms with Crippen LogP contribution in [-0.4, -0.2) is 29.2 Å². The molecule has 1 fully saturated rings. The number of aliphatic hydroxyl groups is 1. The van der Waals surface area contributed by atoms with Crippen molar-refractivity contribution in [2.24, 2.45) is 17.8 Å². The van der Waals surface area contributed by atoms with Gasteiger partial charge in [-0.25, -0.2) is 4.39 Å². The van der Waals surface area contributed by atoms with Gasteiger partial charge in [0.05, 0.1) is 12.3 Å². The average molecular weight is 296 g/mol. The number of fused-ring (bicyclic) bond motifs is 2. The number of hydrogen-bond donors (Lipinski definition) is 1. The largest absolute Gasteiger partial charge is 0.462 e. The van der Waals surface area contributed by atoms with E-state index in [9.17, 15) is 22.4 Å². The molecule has 1 N–H and O–H groups in total. The molecular weight excluding hydrogens is 280 g/mol. The van der Waals surface area contributed by atoms with Crippen molar-refractivity contribution in [1.82, 2.24) is 0 Å². The minimum absolute atomic E-state index is 0.0616. The maximum absolute atomic E-state index is 13.1. The fraction of sp³-hybridized carbons (Fsp3) is 0.769. The van der Waals surface area contributed by atoms with Crippen LogP contribution in [0, 0.1) is 17.8 Å². The highest BCUT2D eigenvalue weighted by Gasteiger charge is 2.56. The van der Waals surface area contributed by atoms with E-state index >= 15 is 0 Å². The fourth-order valence-electron chi connectivity index (χ4n) is 2.88. The van der Waals surface area contributed by atoms with E-state index in [2.05, 4.69) is 0 Å². The van der Waals surface area contributed by atoms with Gasteiger partial charge in [0.15, 0.2) is 0 Å². The first kappa shape index (κ1) is 15.3. The molecule has 2 rings (SSSR count). The van der Waals surface area contributed by atoms with Gasteiger partial charge in [-0.1, -0.05) is 12.2 Å². The summed E-state index contributed by atoms with van der Waals surface area (Å²) >= 11 is 0. The second-order valence-electron chi connectivity index (χ2n) is 5.60. The second-order valence-corrected chi connectivity index (χ2v) is 5.60. The molecule has 0 radical (unpaired) electrons. The fourth-order valence-corrected chi connectivity index (χ4v) is 2.88. The number of carbonyl (C=O) groups excluding carboxylic acids is 1. The van der Waals surface area contributed by atoms with Crippen molar-refractivity contribution < 1.29 is 32.2 Å². The Kier molecular flexibility index (Phi) is 3.83. The zero-order chi connectivity index (χ0) is 15.1. The first-order valence-electron chi connectivity index (χ1n) is 6.47. The standard InChI is InChI=1S/C13H16F4O3/c1-7(6-12(14,19)13(15,16)17)20-11(18)10-5-8-2-3-9(10)4-8/h2-3,7-10,19H,4-6H2,1H3. The van der Waals surface area contributed by atoms with Gasteiger partial charge in [0, 0.05) is 0 Å². The highest BCUT2D eigenvalue weighted by molar-refractivity contribution is 5.74. The molecule has 20 heavy (non-hydrogen) atoms. The summed E-state index contributed by atoms with van der Waals surface area (Å²) in [6.07, 6.45) is -2.67. The number of rotatable bonds is 4. The van der Waals surface area contributed by atoms with Gasteiger partial charge >= 0.3 is 18.0 Å². The van der Waals surface area contributed by atoms with Gasteiger partial charge in [0.2, 0.25) is 0 Å². The average Bonchev–Trinajstić information content (AvgIpc) is 2.87. The molecule has 7 heteroatoms. The SMILES string of the molecule is CC(CC(O)(F)C(F)(F)F)OC(=O)C1CC2C=CC1C2. The number of allylic oxidation sites excluding steroid dienone is 2. The van der Waals surface area contributed by atoms with Crippen LogP contribution >= 0.6 is 0 Å². The molecule has 2 aliphatic rings. The predicted octanol–water partition coefficient (Wildman–Crippen LogP) is 2.74. The summed E-state index contributed by atoms with van der Waals surface area (Å²) in [4.78, 5) is 11.8. The Labute approximate surface area is 113 Å². The van der Waals surface area contributed by atoms with Crippen LogP contribution < -0.4 is 0 Å². The van der Waals surface area contributed by atoms with Crippen molar-refractivity contribution in [1.29, 1.82) is 0 Å². The number of hydrogen-bond acceptors (Lipinski definition) is 3. The smallest absolute Gasteiger partial charge is 0.448 e. The summed E-state index contributed by atoms with van der Waals surface area (Å²) in [5, 5.41) is 8.71. The van der Waals surface area contributed by atoms with Crippen LogP contribution in [0.3, 0.4) is 0 Å². The van der Waals surface area contributed by atoms with Crippen LogP contribution in [0.15, 0.2) is 12.2 Å². The third-order valence-electron chi connectivity index (χ3n) is 3.89. The number of alkyl halides is 4. The van der Waals surface area contributed by atoms with Gasteiger partial charge in [0.1, 0.15) is 6.10 Å². The van der Waals surface area contributed by atoms with E-state index in [4.69, 9.17) is 9.84 Å². The van der Waals surface area contributed by atoms with E-state index in [1.165, 1.54) is 0 Å². The summed E-state index contributed by atoms with van der Waals surface area (Å²) in [6, 6.07) is 0. The number of ether oxygens (including phenoxy) is 1. The Hall–Kier alpha value is -1.11. The molecule has 0 saturated heterocycles. The normalized spacial score (nSPS) is 33.0. The maximum atomic E-state index is 13.1. The lowest BCUT2D eigenvalue weighted by Gasteiger charge is -2.26. The van der Waals surface area contributed by atoms with Gasteiger partial charge in [-0.3, -0.25) is 4.79 Å². The molecule has 0 aromatic heterocycles. The third kappa shape index (κ3) is 2.97. The van der Waals surface area contributed by atoms with Crippen LogP contribution in [0.5, 0.6) is 0 Å². The van der Waals surface area contributed by atoms with Crippen LogP contribution in [0.2, 0.25) is 0 Å². The second kappa shape index (κ2) is 5.02. The molecule has 1 saturated carbocycles. The van der Waals surface area contributed by atoms with Crippen molar-refractivity contribution in [3.8, 4) is 0 Å². The van der Waals surface area contributed by atoms with E-state index in [0.29, 0.717) is 12.3 Å². The van der Waals surface area contributed by atoms with Gasteiger partial charge in [-0.15, -0.1) is 0 Å².